The number of benzene rings is 3. The second-order valence-electron chi connectivity index (χ2n) is 5.37. The summed E-state index contributed by atoms with van der Waals surface area (Å²) in [5.74, 6) is 1.35. The summed E-state index contributed by atoms with van der Waals surface area (Å²) in [6.07, 6.45) is 0. The van der Waals surface area contributed by atoms with Gasteiger partial charge in [0.05, 0.1) is 0 Å². The van der Waals surface area contributed by atoms with Crippen LogP contribution in [0.4, 0.5) is 28.9 Å². The van der Waals surface area contributed by atoms with E-state index in [1.54, 1.807) is 30.3 Å². The van der Waals surface area contributed by atoms with Crippen LogP contribution < -0.4 is 5.32 Å². The molecule has 0 saturated carbocycles. The largest absolute Gasteiger partial charge is 0.328 e. The Morgan fingerprint density at radius 2 is 1.26 bits per heavy atom. The Kier molecular flexibility index (Phi) is 5.53. The van der Waals surface area contributed by atoms with Gasteiger partial charge in [-0.2, -0.15) is 0 Å². The Bertz CT molecular complexity index is 1010. The van der Waals surface area contributed by atoms with Crippen molar-refractivity contribution in [2.45, 2.75) is 0 Å². The van der Waals surface area contributed by atoms with Crippen LogP contribution in [-0.4, -0.2) is 5.84 Å². The molecule has 0 aromatic heterocycles. The number of anilines is 1. The molecule has 0 aliphatic carbocycles. The molecule has 0 unspecified atom stereocenters. The van der Waals surface area contributed by atoms with Crippen LogP contribution >= 0.6 is 0 Å². The summed E-state index contributed by atoms with van der Waals surface area (Å²) in [5.41, 5.74) is -0.538. The fourth-order valence-electron chi connectivity index (χ4n) is 2.18. The van der Waals surface area contributed by atoms with Crippen molar-refractivity contribution < 1.29 is 17.6 Å². The van der Waals surface area contributed by atoms with Crippen molar-refractivity contribution in [3.8, 4) is 11.8 Å². The second kappa shape index (κ2) is 8.19. The van der Waals surface area contributed by atoms with Crippen molar-refractivity contribution >= 4 is 17.2 Å². The van der Waals surface area contributed by atoms with E-state index in [1.165, 1.54) is 12.1 Å². The van der Waals surface area contributed by atoms with Gasteiger partial charge in [0, 0.05) is 5.56 Å². The molecule has 0 fully saturated rings. The molecular weight excluding hydrogens is 356 g/mol. The Balaban J connectivity index is 2.07. The maximum absolute atomic E-state index is 13.9. The van der Waals surface area contributed by atoms with Gasteiger partial charge >= 0.3 is 0 Å². The maximum atomic E-state index is 13.9. The number of aliphatic imine (C=N–C) groups is 1. The molecule has 0 heterocycles. The SMILES string of the molecule is Fc1cccc(F)c1N=C(C#Cc1ccccc1)Nc1c(F)cccc1F. The van der Waals surface area contributed by atoms with E-state index in [9.17, 15) is 17.6 Å². The molecule has 2 nitrogen and oxygen atoms in total. The zero-order valence-electron chi connectivity index (χ0n) is 13.8. The summed E-state index contributed by atoms with van der Waals surface area (Å²) in [6.45, 7) is 0. The average molecular weight is 368 g/mol. The monoisotopic (exact) mass is 368 g/mol. The van der Waals surface area contributed by atoms with Crippen molar-refractivity contribution in [1.82, 2.24) is 0 Å². The highest BCUT2D eigenvalue weighted by molar-refractivity contribution is 6.09. The van der Waals surface area contributed by atoms with E-state index >= 15 is 0 Å². The van der Waals surface area contributed by atoms with Crippen LogP contribution in [0.15, 0.2) is 71.7 Å². The summed E-state index contributed by atoms with van der Waals surface area (Å²) in [7, 11) is 0. The summed E-state index contributed by atoms with van der Waals surface area (Å²) in [4.78, 5) is 3.80. The van der Waals surface area contributed by atoms with Crippen LogP contribution in [0.2, 0.25) is 0 Å². The molecule has 0 bridgehead atoms. The van der Waals surface area contributed by atoms with Gasteiger partial charge in [-0.05, 0) is 42.3 Å². The summed E-state index contributed by atoms with van der Waals surface area (Å²) >= 11 is 0. The van der Waals surface area contributed by atoms with E-state index < -0.39 is 34.6 Å². The Morgan fingerprint density at radius 1 is 0.704 bits per heavy atom. The lowest BCUT2D eigenvalue weighted by Crippen LogP contribution is -2.12. The van der Waals surface area contributed by atoms with Gasteiger partial charge in [-0.1, -0.05) is 36.3 Å². The quantitative estimate of drug-likeness (QED) is 0.277. The fraction of sp³-hybridized carbons (Fsp3) is 0. The first-order valence-electron chi connectivity index (χ1n) is 7.85. The highest BCUT2D eigenvalue weighted by Gasteiger charge is 2.12. The minimum atomic E-state index is -0.926. The fourth-order valence-corrected chi connectivity index (χ4v) is 2.18. The molecule has 0 saturated heterocycles. The molecule has 0 atom stereocenters. The first-order chi connectivity index (χ1) is 13.0. The summed E-state index contributed by atoms with van der Waals surface area (Å²) in [6, 6.07) is 15.2. The first kappa shape index (κ1) is 18.2. The van der Waals surface area contributed by atoms with Crippen LogP contribution in [0.1, 0.15) is 5.56 Å². The third-order valence-corrected chi connectivity index (χ3v) is 3.47. The van der Waals surface area contributed by atoms with Crippen LogP contribution in [0.3, 0.4) is 0 Å². The molecule has 3 aromatic rings. The van der Waals surface area contributed by atoms with Crippen molar-refractivity contribution in [3.05, 3.63) is 95.6 Å². The zero-order valence-corrected chi connectivity index (χ0v) is 13.8. The molecule has 3 aromatic carbocycles. The third kappa shape index (κ3) is 4.53. The number of rotatable bonds is 2. The molecule has 1 N–H and O–H groups in total. The van der Waals surface area contributed by atoms with Gasteiger partial charge in [0.25, 0.3) is 0 Å². The first-order valence-corrected chi connectivity index (χ1v) is 7.85. The molecule has 6 heteroatoms. The second-order valence-corrected chi connectivity index (χ2v) is 5.37. The van der Waals surface area contributed by atoms with Gasteiger partial charge in [0.15, 0.2) is 17.5 Å². The van der Waals surface area contributed by atoms with Crippen LogP contribution in [0.25, 0.3) is 0 Å². The van der Waals surface area contributed by atoms with E-state index in [0.717, 1.165) is 24.3 Å². The van der Waals surface area contributed by atoms with Gasteiger partial charge in [-0.3, -0.25) is 0 Å². The van der Waals surface area contributed by atoms with Gasteiger partial charge in [-0.25, -0.2) is 22.6 Å². The molecule has 0 aliphatic rings. The lowest BCUT2D eigenvalue weighted by Gasteiger charge is -2.08. The Morgan fingerprint density at radius 3 is 1.85 bits per heavy atom. The van der Waals surface area contributed by atoms with Gasteiger partial charge in [0.1, 0.15) is 23.0 Å². The van der Waals surface area contributed by atoms with Crippen LogP contribution in [0, 0.1) is 35.1 Å². The molecule has 0 aliphatic heterocycles. The Labute approximate surface area is 153 Å². The van der Waals surface area contributed by atoms with Crippen molar-refractivity contribution in [2.75, 3.05) is 5.32 Å². The standard InChI is InChI=1S/C21H12F4N2/c22-15-8-4-9-16(23)20(15)26-19(13-12-14-6-2-1-3-7-14)27-21-17(24)10-5-11-18(21)25/h1-11H,(H,26,27). The van der Waals surface area contributed by atoms with Crippen molar-refractivity contribution in [3.63, 3.8) is 0 Å². The number of hydrogen-bond donors (Lipinski definition) is 1. The number of para-hydroxylation sites is 2. The molecule has 134 valence electrons. The number of nitrogens with one attached hydrogen (secondary N) is 1. The minimum absolute atomic E-state index is 0.313. The van der Waals surface area contributed by atoms with E-state index in [1.807, 2.05) is 0 Å². The van der Waals surface area contributed by atoms with Crippen LogP contribution in [0.5, 0.6) is 0 Å². The van der Waals surface area contributed by atoms with E-state index in [4.69, 9.17) is 0 Å². The summed E-state index contributed by atoms with van der Waals surface area (Å²) < 4.78 is 55.6. The lowest BCUT2D eigenvalue weighted by molar-refractivity contribution is 0.587. The van der Waals surface area contributed by atoms with Crippen LogP contribution in [-0.2, 0) is 0 Å². The highest BCUT2D eigenvalue weighted by Crippen LogP contribution is 2.23. The molecular formula is C21H12F4N2. The van der Waals surface area contributed by atoms with E-state index in [0.29, 0.717) is 5.56 Å². The molecule has 3 rings (SSSR count). The number of hydrogen-bond acceptors (Lipinski definition) is 1. The highest BCUT2D eigenvalue weighted by atomic mass is 19.1. The number of nitrogens with zero attached hydrogens (tertiary/aromatic N) is 1. The van der Waals surface area contributed by atoms with E-state index in [2.05, 4.69) is 22.2 Å². The van der Waals surface area contributed by atoms with Gasteiger partial charge in [-0.15, -0.1) is 0 Å². The van der Waals surface area contributed by atoms with E-state index in [-0.39, 0.29) is 5.84 Å². The molecule has 27 heavy (non-hydrogen) atoms. The van der Waals surface area contributed by atoms with Gasteiger partial charge < -0.3 is 5.32 Å². The number of halogens is 4. The van der Waals surface area contributed by atoms with Crippen molar-refractivity contribution in [2.24, 2.45) is 4.99 Å². The predicted molar refractivity (Wildman–Crippen MR) is 96.8 cm³/mol. The topological polar surface area (TPSA) is 24.4 Å². The predicted octanol–water partition coefficient (Wildman–Crippen LogP) is 5.44. The number of amidine groups is 1. The average Bonchev–Trinajstić information content (AvgIpc) is 2.66. The summed E-state index contributed by atoms with van der Waals surface area (Å²) in [5, 5.41) is 2.38. The molecule has 0 amide bonds. The van der Waals surface area contributed by atoms with Gasteiger partial charge in [0.2, 0.25) is 0 Å². The minimum Gasteiger partial charge on any atom is -0.328 e. The van der Waals surface area contributed by atoms with Crippen molar-refractivity contribution in [1.29, 1.82) is 0 Å². The zero-order chi connectivity index (χ0) is 19.2. The smallest absolute Gasteiger partial charge is 0.184 e. The normalized spacial score (nSPS) is 10.9. The Hall–Kier alpha value is -3.59. The maximum Gasteiger partial charge on any atom is 0.184 e. The third-order valence-electron chi connectivity index (χ3n) is 3.47. The molecule has 0 spiro atoms. The lowest BCUT2D eigenvalue weighted by atomic mass is 10.2. The molecule has 0 radical (unpaired) electrons.